The molecule has 2 amide bonds. The molecule has 0 aliphatic rings. The number of anilines is 2. The molecule has 150 valence electrons. The van der Waals surface area contributed by atoms with Crippen molar-refractivity contribution in [1.82, 2.24) is 5.32 Å². The van der Waals surface area contributed by atoms with E-state index < -0.39 is 0 Å². The lowest BCUT2D eigenvalue weighted by Crippen LogP contribution is -2.41. The Morgan fingerprint density at radius 1 is 0.857 bits per heavy atom. The third-order valence-electron chi connectivity index (χ3n) is 3.86. The number of methoxy groups -OCH3 is 2. The van der Waals surface area contributed by atoms with Crippen LogP contribution >= 0.6 is 0 Å². The topological polar surface area (TPSA) is 88.7 Å². The molecule has 2 aromatic carbocycles. The van der Waals surface area contributed by atoms with E-state index in [9.17, 15) is 9.59 Å². The van der Waals surface area contributed by atoms with E-state index in [1.54, 1.807) is 42.5 Å². The fourth-order valence-corrected chi connectivity index (χ4v) is 2.46. The van der Waals surface area contributed by atoms with Gasteiger partial charge in [-0.25, -0.2) is 0 Å². The number of benzene rings is 2. The van der Waals surface area contributed by atoms with Crippen molar-refractivity contribution in [2.45, 2.75) is 26.3 Å². The molecule has 7 nitrogen and oxygen atoms in total. The Morgan fingerprint density at radius 3 is 1.82 bits per heavy atom. The van der Waals surface area contributed by atoms with Gasteiger partial charge in [-0.15, -0.1) is 0 Å². The fraction of sp³-hybridized carbons (Fsp3) is 0.333. The molecule has 0 atom stereocenters. The van der Waals surface area contributed by atoms with Crippen LogP contribution in [0.2, 0.25) is 0 Å². The monoisotopic (exact) mass is 385 g/mol. The highest BCUT2D eigenvalue weighted by atomic mass is 16.5. The first-order valence-electron chi connectivity index (χ1n) is 8.91. The third-order valence-corrected chi connectivity index (χ3v) is 3.86. The largest absolute Gasteiger partial charge is 0.496 e. The predicted molar refractivity (Wildman–Crippen MR) is 110 cm³/mol. The lowest BCUT2D eigenvalue weighted by atomic mass is 10.1. The number of rotatable bonds is 7. The molecule has 0 spiro atoms. The first-order valence-corrected chi connectivity index (χ1v) is 8.91. The van der Waals surface area contributed by atoms with Crippen molar-refractivity contribution in [1.29, 1.82) is 0 Å². The van der Waals surface area contributed by atoms with E-state index in [-0.39, 0.29) is 23.9 Å². The quantitative estimate of drug-likeness (QED) is 0.681. The van der Waals surface area contributed by atoms with Crippen LogP contribution in [0.1, 0.15) is 31.1 Å². The molecule has 0 aliphatic heterocycles. The highest BCUT2D eigenvalue weighted by Crippen LogP contribution is 2.29. The van der Waals surface area contributed by atoms with Crippen LogP contribution in [0.5, 0.6) is 11.5 Å². The van der Waals surface area contributed by atoms with Crippen molar-refractivity contribution in [2.24, 2.45) is 0 Å². The van der Waals surface area contributed by atoms with Gasteiger partial charge in [0.05, 0.1) is 20.8 Å². The molecule has 7 heteroatoms. The Balaban J connectivity index is 2.03. The summed E-state index contributed by atoms with van der Waals surface area (Å²) in [4.78, 5) is 24.6. The van der Waals surface area contributed by atoms with E-state index in [1.165, 1.54) is 14.2 Å². The molecule has 0 unspecified atom stereocenters. The van der Waals surface area contributed by atoms with Crippen molar-refractivity contribution < 1.29 is 19.1 Å². The van der Waals surface area contributed by atoms with Crippen molar-refractivity contribution in [2.75, 3.05) is 31.4 Å². The maximum atomic E-state index is 12.7. The van der Waals surface area contributed by atoms with Crippen molar-refractivity contribution >= 4 is 23.2 Å². The van der Waals surface area contributed by atoms with E-state index in [0.717, 1.165) is 0 Å². The number of carbonyl (C=O) groups is 2. The summed E-state index contributed by atoms with van der Waals surface area (Å²) >= 11 is 0. The number of amides is 2. The average molecular weight is 385 g/mol. The molecule has 2 rings (SSSR count). The maximum absolute atomic E-state index is 12.7. The minimum atomic E-state index is -0.347. The SMILES string of the molecule is COc1cccc(OC)c1C(=O)Nc1ccc(NC(=O)CNC(C)(C)C)cc1. The summed E-state index contributed by atoms with van der Waals surface area (Å²) < 4.78 is 10.5. The van der Waals surface area contributed by atoms with E-state index >= 15 is 0 Å². The van der Waals surface area contributed by atoms with Gasteiger partial charge in [-0.3, -0.25) is 9.59 Å². The summed E-state index contributed by atoms with van der Waals surface area (Å²) in [6.07, 6.45) is 0. The van der Waals surface area contributed by atoms with Gasteiger partial charge in [0.2, 0.25) is 5.91 Å². The average Bonchev–Trinajstić information content (AvgIpc) is 2.66. The second kappa shape index (κ2) is 9.23. The Morgan fingerprint density at radius 2 is 1.36 bits per heavy atom. The summed E-state index contributed by atoms with van der Waals surface area (Å²) in [5.74, 6) is 0.366. The zero-order valence-corrected chi connectivity index (χ0v) is 16.9. The standard InChI is InChI=1S/C21H27N3O4/c1-21(2,3)22-13-18(25)23-14-9-11-15(12-10-14)24-20(26)19-16(27-4)7-6-8-17(19)28-5/h6-12,22H,13H2,1-5H3,(H,23,25)(H,24,26). The van der Waals surface area contributed by atoms with Gasteiger partial charge in [-0.05, 0) is 57.2 Å². The minimum Gasteiger partial charge on any atom is -0.496 e. The highest BCUT2D eigenvalue weighted by molar-refractivity contribution is 6.08. The molecule has 0 saturated heterocycles. The van der Waals surface area contributed by atoms with Crippen LogP contribution < -0.4 is 25.4 Å². The molecule has 0 heterocycles. The van der Waals surface area contributed by atoms with E-state index in [0.29, 0.717) is 28.4 Å². The summed E-state index contributed by atoms with van der Waals surface area (Å²) in [5, 5.41) is 8.74. The van der Waals surface area contributed by atoms with Crippen molar-refractivity contribution in [3.8, 4) is 11.5 Å². The molecule has 3 N–H and O–H groups in total. The van der Waals surface area contributed by atoms with Crippen molar-refractivity contribution in [3.63, 3.8) is 0 Å². The second-order valence-corrected chi connectivity index (χ2v) is 7.22. The third kappa shape index (κ3) is 5.99. The lowest BCUT2D eigenvalue weighted by molar-refractivity contribution is -0.115. The van der Waals surface area contributed by atoms with Crippen LogP contribution in [0, 0.1) is 0 Å². The van der Waals surface area contributed by atoms with Crippen LogP contribution in [0.25, 0.3) is 0 Å². The number of ether oxygens (including phenoxy) is 2. The Kier molecular flexibility index (Phi) is 7.00. The molecule has 0 fully saturated rings. The van der Waals surface area contributed by atoms with Crippen molar-refractivity contribution in [3.05, 3.63) is 48.0 Å². The fourth-order valence-electron chi connectivity index (χ4n) is 2.46. The van der Waals surface area contributed by atoms with Gasteiger partial charge in [-0.1, -0.05) is 6.07 Å². The molecule has 2 aromatic rings. The number of hydrogen-bond donors (Lipinski definition) is 3. The van der Waals surface area contributed by atoms with Crippen LogP contribution in [0.3, 0.4) is 0 Å². The van der Waals surface area contributed by atoms with Crippen LogP contribution in [-0.2, 0) is 4.79 Å². The highest BCUT2D eigenvalue weighted by Gasteiger charge is 2.18. The van der Waals surface area contributed by atoms with Gasteiger partial charge < -0.3 is 25.4 Å². The lowest BCUT2D eigenvalue weighted by Gasteiger charge is -2.20. The van der Waals surface area contributed by atoms with E-state index in [2.05, 4.69) is 16.0 Å². The number of hydrogen-bond acceptors (Lipinski definition) is 5. The van der Waals surface area contributed by atoms with Crippen LogP contribution in [-0.4, -0.2) is 38.1 Å². The molecule has 0 radical (unpaired) electrons. The molecule has 0 bridgehead atoms. The maximum Gasteiger partial charge on any atom is 0.263 e. The number of nitrogens with one attached hydrogen (secondary N) is 3. The van der Waals surface area contributed by atoms with Gasteiger partial charge in [-0.2, -0.15) is 0 Å². The van der Waals surface area contributed by atoms with Gasteiger partial charge in [0.25, 0.3) is 5.91 Å². The zero-order valence-electron chi connectivity index (χ0n) is 16.9. The van der Waals surface area contributed by atoms with Gasteiger partial charge in [0.1, 0.15) is 17.1 Å². The summed E-state index contributed by atoms with van der Waals surface area (Å²) in [6.45, 7) is 6.20. The first-order chi connectivity index (χ1) is 13.2. The predicted octanol–water partition coefficient (Wildman–Crippen LogP) is 3.28. The van der Waals surface area contributed by atoms with Gasteiger partial charge in [0, 0.05) is 16.9 Å². The Bertz CT molecular complexity index is 804. The molecule has 0 aliphatic carbocycles. The van der Waals surface area contributed by atoms with Gasteiger partial charge >= 0.3 is 0 Å². The minimum absolute atomic E-state index is 0.134. The summed E-state index contributed by atoms with van der Waals surface area (Å²) in [6, 6.07) is 12.0. The van der Waals surface area contributed by atoms with E-state index in [4.69, 9.17) is 9.47 Å². The Hall–Kier alpha value is -3.06. The first kappa shape index (κ1) is 21.2. The molecule has 0 saturated carbocycles. The zero-order chi connectivity index (χ0) is 20.7. The van der Waals surface area contributed by atoms with E-state index in [1.807, 2.05) is 20.8 Å². The van der Waals surface area contributed by atoms with Crippen LogP contribution in [0.4, 0.5) is 11.4 Å². The molecular weight excluding hydrogens is 358 g/mol. The summed E-state index contributed by atoms with van der Waals surface area (Å²) in [5.41, 5.74) is 1.42. The molecular formula is C21H27N3O4. The molecule has 28 heavy (non-hydrogen) atoms. The smallest absolute Gasteiger partial charge is 0.263 e. The van der Waals surface area contributed by atoms with Gasteiger partial charge in [0.15, 0.2) is 0 Å². The van der Waals surface area contributed by atoms with Crippen LogP contribution in [0.15, 0.2) is 42.5 Å². The molecule has 0 aromatic heterocycles. The summed E-state index contributed by atoms with van der Waals surface area (Å²) in [7, 11) is 3.00. The Labute approximate surface area is 165 Å². The number of carbonyl (C=O) groups excluding carboxylic acids is 2. The normalized spacial score (nSPS) is 10.9. The second-order valence-electron chi connectivity index (χ2n) is 7.22.